The van der Waals surface area contributed by atoms with Crippen LogP contribution in [0.2, 0.25) is 0 Å². The fourth-order valence-electron chi connectivity index (χ4n) is 1.93. The van der Waals surface area contributed by atoms with Gasteiger partial charge < -0.3 is 5.32 Å². The molecule has 0 bridgehead atoms. The van der Waals surface area contributed by atoms with Crippen LogP contribution in [0.4, 0.5) is 5.82 Å². The number of pyridine rings is 2. The van der Waals surface area contributed by atoms with Gasteiger partial charge in [-0.2, -0.15) is 0 Å². The minimum absolute atomic E-state index is 0.0687. The summed E-state index contributed by atoms with van der Waals surface area (Å²) in [6.07, 6.45) is 4.64. The van der Waals surface area contributed by atoms with Crippen molar-refractivity contribution in [3.8, 4) is 0 Å². The Balaban J connectivity index is 0.00000106. The van der Waals surface area contributed by atoms with Crippen LogP contribution in [0.5, 0.6) is 0 Å². The van der Waals surface area contributed by atoms with Crippen molar-refractivity contribution in [3.05, 3.63) is 53.5 Å². The summed E-state index contributed by atoms with van der Waals surface area (Å²) in [6, 6.07) is 7.45. The average Bonchev–Trinajstić information content (AvgIpc) is 2.50. The van der Waals surface area contributed by atoms with Crippen molar-refractivity contribution in [3.63, 3.8) is 0 Å². The van der Waals surface area contributed by atoms with E-state index in [0.717, 1.165) is 23.2 Å². The Kier molecular flexibility index (Phi) is 7.09. The van der Waals surface area contributed by atoms with E-state index in [-0.39, 0.29) is 5.91 Å². The van der Waals surface area contributed by atoms with E-state index in [1.54, 1.807) is 12.3 Å². The molecule has 0 saturated heterocycles. The van der Waals surface area contributed by atoms with Gasteiger partial charge >= 0.3 is 0 Å². The van der Waals surface area contributed by atoms with E-state index >= 15 is 0 Å². The van der Waals surface area contributed by atoms with Crippen LogP contribution in [-0.2, 0) is 17.6 Å². The molecule has 1 amide bonds. The number of rotatable bonds is 4. The van der Waals surface area contributed by atoms with Crippen LogP contribution in [0.15, 0.2) is 36.7 Å². The van der Waals surface area contributed by atoms with Crippen molar-refractivity contribution in [1.82, 2.24) is 9.97 Å². The second-order valence-corrected chi connectivity index (χ2v) is 4.41. The van der Waals surface area contributed by atoms with E-state index in [0.29, 0.717) is 12.2 Å². The lowest BCUT2D eigenvalue weighted by Gasteiger charge is -2.08. The fraction of sp³-hybridized carbons (Fsp3) is 0.353. The molecule has 21 heavy (non-hydrogen) atoms. The van der Waals surface area contributed by atoms with Crippen LogP contribution in [0.3, 0.4) is 0 Å². The summed E-state index contributed by atoms with van der Waals surface area (Å²) in [4.78, 5) is 20.4. The number of aryl methyl sites for hydroxylation is 2. The Morgan fingerprint density at radius 2 is 2.00 bits per heavy atom. The Morgan fingerprint density at radius 1 is 1.24 bits per heavy atom. The monoisotopic (exact) mass is 285 g/mol. The highest BCUT2D eigenvalue weighted by Gasteiger charge is 2.09. The van der Waals surface area contributed by atoms with E-state index < -0.39 is 0 Å². The second-order valence-electron chi connectivity index (χ2n) is 4.41. The first-order chi connectivity index (χ1) is 10.2. The molecule has 4 heteroatoms. The summed E-state index contributed by atoms with van der Waals surface area (Å²) < 4.78 is 0. The first kappa shape index (κ1) is 16.8. The zero-order valence-corrected chi connectivity index (χ0v) is 13.2. The van der Waals surface area contributed by atoms with Gasteiger partial charge in [0.15, 0.2) is 0 Å². The molecule has 0 spiro atoms. The van der Waals surface area contributed by atoms with Crippen LogP contribution >= 0.6 is 0 Å². The van der Waals surface area contributed by atoms with Gasteiger partial charge in [-0.3, -0.25) is 9.78 Å². The van der Waals surface area contributed by atoms with Crippen LogP contribution < -0.4 is 5.32 Å². The molecule has 0 fully saturated rings. The number of carbonyl (C=O) groups is 1. The lowest BCUT2D eigenvalue weighted by molar-refractivity contribution is -0.115. The van der Waals surface area contributed by atoms with E-state index in [1.807, 2.05) is 52.1 Å². The molecule has 2 aromatic heterocycles. The summed E-state index contributed by atoms with van der Waals surface area (Å²) in [5, 5.41) is 2.78. The first-order valence-corrected chi connectivity index (χ1v) is 7.34. The maximum absolute atomic E-state index is 12.0. The van der Waals surface area contributed by atoms with Crippen molar-refractivity contribution in [2.24, 2.45) is 0 Å². The van der Waals surface area contributed by atoms with Gasteiger partial charge in [-0.15, -0.1) is 0 Å². The quantitative estimate of drug-likeness (QED) is 0.934. The molecular weight excluding hydrogens is 262 g/mol. The normalized spacial score (nSPS) is 9.52. The molecule has 0 aliphatic heterocycles. The van der Waals surface area contributed by atoms with Crippen molar-refractivity contribution in [1.29, 1.82) is 0 Å². The second kappa shape index (κ2) is 8.84. The van der Waals surface area contributed by atoms with Gasteiger partial charge in [0.05, 0.1) is 6.42 Å². The predicted octanol–water partition coefficient (Wildman–Crippen LogP) is 3.55. The number of amides is 1. The molecule has 4 nitrogen and oxygen atoms in total. The topological polar surface area (TPSA) is 54.9 Å². The lowest BCUT2D eigenvalue weighted by Crippen LogP contribution is -2.16. The maximum atomic E-state index is 12.0. The Labute approximate surface area is 126 Å². The zero-order chi connectivity index (χ0) is 15.7. The molecule has 0 aliphatic carbocycles. The number of nitrogens with one attached hydrogen (secondary N) is 1. The summed E-state index contributed by atoms with van der Waals surface area (Å²) >= 11 is 0. The van der Waals surface area contributed by atoms with Gasteiger partial charge in [0.1, 0.15) is 5.82 Å². The highest BCUT2D eigenvalue weighted by molar-refractivity contribution is 5.91. The minimum atomic E-state index is -0.0687. The molecule has 112 valence electrons. The highest BCUT2D eigenvalue weighted by atomic mass is 16.1. The highest BCUT2D eigenvalue weighted by Crippen LogP contribution is 2.11. The molecular formula is C17H23N3O. The Morgan fingerprint density at radius 3 is 2.62 bits per heavy atom. The van der Waals surface area contributed by atoms with Gasteiger partial charge in [0, 0.05) is 18.1 Å². The largest absolute Gasteiger partial charge is 0.310 e. The molecule has 1 N–H and O–H groups in total. The van der Waals surface area contributed by atoms with Crippen molar-refractivity contribution < 1.29 is 4.79 Å². The maximum Gasteiger partial charge on any atom is 0.230 e. The summed E-state index contributed by atoms with van der Waals surface area (Å²) in [5.74, 6) is 0.506. The lowest BCUT2D eigenvalue weighted by atomic mass is 10.1. The van der Waals surface area contributed by atoms with Crippen molar-refractivity contribution in [2.45, 2.75) is 40.5 Å². The molecule has 2 heterocycles. The molecule has 0 aliphatic rings. The summed E-state index contributed by atoms with van der Waals surface area (Å²) in [6.45, 7) is 8.02. The third kappa shape index (κ3) is 5.34. The number of anilines is 1. The number of nitrogens with zero attached hydrogens (tertiary/aromatic N) is 2. The van der Waals surface area contributed by atoms with E-state index in [2.05, 4.69) is 15.3 Å². The summed E-state index contributed by atoms with van der Waals surface area (Å²) in [5.41, 5.74) is 3.02. The smallest absolute Gasteiger partial charge is 0.230 e. The van der Waals surface area contributed by atoms with Crippen LogP contribution in [-0.4, -0.2) is 15.9 Å². The number of hydrogen-bond acceptors (Lipinski definition) is 3. The van der Waals surface area contributed by atoms with Crippen LogP contribution in [0.1, 0.15) is 37.6 Å². The van der Waals surface area contributed by atoms with Gasteiger partial charge in [-0.25, -0.2) is 4.98 Å². The SMILES string of the molecule is CC.CCc1ncc(C)cc1CC(=O)Nc1ccccn1. The first-order valence-electron chi connectivity index (χ1n) is 7.34. The molecule has 0 atom stereocenters. The Hall–Kier alpha value is -2.23. The molecule has 2 rings (SSSR count). The fourth-order valence-corrected chi connectivity index (χ4v) is 1.93. The number of carbonyl (C=O) groups excluding carboxylic acids is 1. The molecule has 0 aromatic carbocycles. The third-order valence-electron chi connectivity index (χ3n) is 2.81. The molecule has 0 unspecified atom stereocenters. The minimum Gasteiger partial charge on any atom is -0.310 e. The molecule has 0 radical (unpaired) electrons. The van der Waals surface area contributed by atoms with Gasteiger partial charge in [0.25, 0.3) is 0 Å². The molecule has 2 aromatic rings. The number of aromatic nitrogens is 2. The van der Waals surface area contributed by atoms with Gasteiger partial charge in [-0.1, -0.05) is 32.9 Å². The zero-order valence-electron chi connectivity index (χ0n) is 13.2. The summed E-state index contributed by atoms with van der Waals surface area (Å²) in [7, 11) is 0. The van der Waals surface area contributed by atoms with E-state index in [4.69, 9.17) is 0 Å². The van der Waals surface area contributed by atoms with E-state index in [1.165, 1.54) is 0 Å². The molecule has 0 saturated carbocycles. The van der Waals surface area contributed by atoms with Gasteiger partial charge in [-0.05, 0) is 36.6 Å². The average molecular weight is 285 g/mol. The van der Waals surface area contributed by atoms with Crippen LogP contribution in [0.25, 0.3) is 0 Å². The third-order valence-corrected chi connectivity index (χ3v) is 2.81. The van der Waals surface area contributed by atoms with Crippen LogP contribution in [0, 0.1) is 6.92 Å². The van der Waals surface area contributed by atoms with Crippen molar-refractivity contribution in [2.75, 3.05) is 5.32 Å². The standard InChI is InChI=1S/C15H17N3O.C2H6/c1-3-13-12(8-11(2)10-17-13)9-15(19)18-14-6-4-5-7-16-14;1-2/h4-8,10H,3,9H2,1-2H3,(H,16,18,19);1-2H3. The van der Waals surface area contributed by atoms with E-state index in [9.17, 15) is 4.79 Å². The van der Waals surface area contributed by atoms with Gasteiger partial charge in [0.2, 0.25) is 5.91 Å². The van der Waals surface area contributed by atoms with Crippen molar-refractivity contribution >= 4 is 11.7 Å². The predicted molar refractivity (Wildman–Crippen MR) is 86.3 cm³/mol. The number of hydrogen-bond donors (Lipinski definition) is 1. The Bertz CT molecular complexity index is 568.